The zero-order valence-electron chi connectivity index (χ0n) is 11.0. The summed E-state index contributed by atoms with van der Waals surface area (Å²) in [6, 6.07) is 5.00. The fourth-order valence-corrected chi connectivity index (χ4v) is 2.32. The molecular formula is C14H17ClFN3. The molecule has 5 heteroatoms. The van der Waals surface area contributed by atoms with E-state index in [1.807, 2.05) is 20.2 Å². The summed E-state index contributed by atoms with van der Waals surface area (Å²) in [6.07, 6.45) is 4.42. The van der Waals surface area contributed by atoms with Crippen molar-refractivity contribution in [2.75, 3.05) is 6.54 Å². The minimum atomic E-state index is -0.348. The van der Waals surface area contributed by atoms with Gasteiger partial charge in [-0.2, -0.15) is 5.10 Å². The van der Waals surface area contributed by atoms with Gasteiger partial charge in [-0.3, -0.25) is 4.68 Å². The van der Waals surface area contributed by atoms with Crippen molar-refractivity contribution in [2.24, 2.45) is 7.05 Å². The van der Waals surface area contributed by atoms with E-state index in [9.17, 15) is 4.39 Å². The zero-order valence-corrected chi connectivity index (χ0v) is 11.8. The van der Waals surface area contributed by atoms with Gasteiger partial charge in [0.25, 0.3) is 0 Å². The van der Waals surface area contributed by atoms with Crippen LogP contribution in [-0.4, -0.2) is 16.3 Å². The third-order valence-electron chi connectivity index (χ3n) is 3.01. The van der Waals surface area contributed by atoms with E-state index >= 15 is 0 Å². The lowest BCUT2D eigenvalue weighted by atomic mass is 10.00. The summed E-state index contributed by atoms with van der Waals surface area (Å²) in [5.41, 5.74) is 1.66. The van der Waals surface area contributed by atoms with E-state index < -0.39 is 0 Å². The van der Waals surface area contributed by atoms with Crippen molar-refractivity contribution >= 4 is 11.6 Å². The number of nitrogens with zero attached hydrogens (tertiary/aromatic N) is 2. The summed E-state index contributed by atoms with van der Waals surface area (Å²) < 4.78 is 15.8. The molecule has 0 amide bonds. The van der Waals surface area contributed by atoms with Crippen LogP contribution >= 0.6 is 11.6 Å². The van der Waals surface area contributed by atoms with Crippen LogP contribution < -0.4 is 5.32 Å². The van der Waals surface area contributed by atoms with E-state index in [1.54, 1.807) is 29.1 Å². The van der Waals surface area contributed by atoms with Gasteiger partial charge < -0.3 is 5.32 Å². The van der Waals surface area contributed by atoms with Crippen LogP contribution in [0.1, 0.15) is 24.1 Å². The fraction of sp³-hybridized carbons (Fsp3) is 0.357. The topological polar surface area (TPSA) is 29.9 Å². The van der Waals surface area contributed by atoms with Gasteiger partial charge >= 0.3 is 0 Å². The molecule has 3 nitrogen and oxygen atoms in total. The Labute approximate surface area is 117 Å². The molecule has 0 aliphatic heterocycles. The Hall–Kier alpha value is -1.39. The number of nitrogens with one attached hydrogen (secondary N) is 1. The maximum atomic E-state index is 14.1. The van der Waals surface area contributed by atoms with Crippen molar-refractivity contribution in [3.05, 3.63) is 52.6 Å². The molecule has 0 saturated carbocycles. The number of hydrogen-bond donors (Lipinski definition) is 1. The molecule has 2 aromatic rings. The zero-order chi connectivity index (χ0) is 13.8. The Balaban J connectivity index is 2.26. The van der Waals surface area contributed by atoms with Crippen molar-refractivity contribution in [1.29, 1.82) is 0 Å². The van der Waals surface area contributed by atoms with E-state index in [-0.39, 0.29) is 16.9 Å². The first-order chi connectivity index (χ1) is 9.11. The molecule has 0 radical (unpaired) electrons. The third-order valence-corrected chi connectivity index (χ3v) is 3.30. The van der Waals surface area contributed by atoms with Crippen LogP contribution in [0.15, 0.2) is 30.6 Å². The van der Waals surface area contributed by atoms with Crippen molar-refractivity contribution in [3.8, 4) is 0 Å². The molecule has 1 unspecified atom stereocenters. The minimum Gasteiger partial charge on any atom is -0.310 e. The number of aromatic nitrogens is 2. The van der Waals surface area contributed by atoms with Crippen LogP contribution in [0.3, 0.4) is 0 Å². The second-order valence-electron chi connectivity index (χ2n) is 4.48. The molecule has 19 heavy (non-hydrogen) atoms. The van der Waals surface area contributed by atoms with E-state index in [0.717, 1.165) is 12.1 Å². The Bertz CT molecular complexity index is 553. The molecule has 2 rings (SSSR count). The highest BCUT2D eigenvalue weighted by molar-refractivity contribution is 6.30. The van der Waals surface area contributed by atoms with Crippen molar-refractivity contribution in [1.82, 2.24) is 15.1 Å². The first-order valence-electron chi connectivity index (χ1n) is 6.26. The molecule has 1 heterocycles. The normalized spacial score (nSPS) is 12.6. The largest absolute Gasteiger partial charge is 0.310 e. The van der Waals surface area contributed by atoms with Gasteiger partial charge in [-0.05, 0) is 24.6 Å². The molecule has 1 aromatic heterocycles. The third kappa shape index (κ3) is 3.33. The van der Waals surface area contributed by atoms with Gasteiger partial charge in [-0.1, -0.05) is 30.7 Å². The molecular weight excluding hydrogens is 265 g/mol. The van der Waals surface area contributed by atoms with Gasteiger partial charge in [0.05, 0.1) is 11.2 Å². The number of aryl methyl sites for hydroxylation is 1. The predicted molar refractivity (Wildman–Crippen MR) is 74.7 cm³/mol. The molecule has 0 spiro atoms. The molecule has 1 atom stereocenters. The Morgan fingerprint density at radius 2 is 2.26 bits per heavy atom. The quantitative estimate of drug-likeness (QED) is 0.913. The van der Waals surface area contributed by atoms with Gasteiger partial charge in [-0.15, -0.1) is 0 Å². The first kappa shape index (κ1) is 14.0. The molecule has 0 fully saturated rings. The van der Waals surface area contributed by atoms with Crippen LogP contribution in [0.2, 0.25) is 5.02 Å². The number of likely N-dealkylation sites (N-methyl/N-ethyl adjacent to an activating group) is 1. The monoisotopic (exact) mass is 281 g/mol. The maximum Gasteiger partial charge on any atom is 0.146 e. The van der Waals surface area contributed by atoms with Gasteiger partial charge in [-0.25, -0.2) is 4.39 Å². The van der Waals surface area contributed by atoms with E-state index in [4.69, 9.17) is 11.6 Å². The Kier molecular flexibility index (Phi) is 4.56. The lowest BCUT2D eigenvalue weighted by Gasteiger charge is -2.18. The summed E-state index contributed by atoms with van der Waals surface area (Å²) >= 11 is 5.85. The standard InChI is InChI=1S/C14H17ClFN3/c1-3-17-13(7-10-8-18-19(2)9-10)11-5-4-6-12(15)14(11)16/h4-6,8-9,13,17H,3,7H2,1-2H3. The molecule has 102 valence electrons. The van der Waals surface area contributed by atoms with Gasteiger partial charge in [0, 0.05) is 24.8 Å². The Morgan fingerprint density at radius 1 is 1.47 bits per heavy atom. The smallest absolute Gasteiger partial charge is 0.146 e. The van der Waals surface area contributed by atoms with Crippen LogP contribution in [0.4, 0.5) is 4.39 Å². The lowest BCUT2D eigenvalue weighted by Crippen LogP contribution is -2.24. The molecule has 0 saturated heterocycles. The fourth-order valence-electron chi connectivity index (χ4n) is 2.14. The maximum absolute atomic E-state index is 14.1. The van der Waals surface area contributed by atoms with Crippen LogP contribution in [0, 0.1) is 5.82 Å². The van der Waals surface area contributed by atoms with Gasteiger partial charge in [0.15, 0.2) is 0 Å². The van der Waals surface area contributed by atoms with E-state index in [2.05, 4.69) is 10.4 Å². The Morgan fingerprint density at radius 3 is 2.89 bits per heavy atom. The summed E-state index contributed by atoms with van der Waals surface area (Å²) in [7, 11) is 1.87. The highest BCUT2D eigenvalue weighted by Crippen LogP contribution is 2.25. The van der Waals surface area contributed by atoms with Crippen LogP contribution in [-0.2, 0) is 13.5 Å². The number of benzene rings is 1. The SMILES string of the molecule is CCNC(Cc1cnn(C)c1)c1cccc(Cl)c1F. The highest BCUT2D eigenvalue weighted by Gasteiger charge is 2.17. The molecule has 1 N–H and O–H groups in total. The lowest BCUT2D eigenvalue weighted by molar-refractivity contribution is 0.510. The molecule has 1 aromatic carbocycles. The summed E-state index contributed by atoms with van der Waals surface area (Å²) in [5, 5.41) is 7.58. The first-order valence-corrected chi connectivity index (χ1v) is 6.64. The number of rotatable bonds is 5. The summed E-state index contributed by atoms with van der Waals surface area (Å²) in [5.74, 6) is -0.348. The van der Waals surface area contributed by atoms with E-state index in [0.29, 0.717) is 12.0 Å². The second-order valence-corrected chi connectivity index (χ2v) is 4.89. The van der Waals surface area contributed by atoms with Gasteiger partial charge in [0.1, 0.15) is 5.82 Å². The number of halogens is 2. The van der Waals surface area contributed by atoms with Crippen molar-refractivity contribution in [3.63, 3.8) is 0 Å². The minimum absolute atomic E-state index is 0.104. The van der Waals surface area contributed by atoms with E-state index in [1.165, 1.54) is 0 Å². The molecule has 0 aliphatic rings. The van der Waals surface area contributed by atoms with Crippen LogP contribution in [0.25, 0.3) is 0 Å². The number of hydrogen-bond acceptors (Lipinski definition) is 2. The average molecular weight is 282 g/mol. The summed E-state index contributed by atoms with van der Waals surface area (Å²) in [6.45, 7) is 2.76. The average Bonchev–Trinajstić information content (AvgIpc) is 2.78. The highest BCUT2D eigenvalue weighted by atomic mass is 35.5. The molecule has 0 aliphatic carbocycles. The second kappa shape index (κ2) is 6.17. The van der Waals surface area contributed by atoms with Gasteiger partial charge in [0.2, 0.25) is 0 Å². The summed E-state index contributed by atoms with van der Waals surface area (Å²) in [4.78, 5) is 0. The predicted octanol–water partition coefficient (Wildman–Crippen LogP) is 3.11. The van der Waals surface area contributed by atoms with Crippen molar-refractivity contribution in [2.45, 2.75) is 19.4 Å². The van der Waals surface area contributed by atoms with Crippen LogP contribution in [0.5, 0.6) is 0 Å². The molecule has 0 bridgehead atoms. The van der Waals surface area contributed by atoms with Crippen molar-refractivity contribution < 1.29 is 4.39 Å².